The Morgan fingerprint density at radius 2 is 2.06 bits per heavy atom. The van der Waals surface area contributed by atoms with Crippen LogP contribution in [-0.2, 0) is 19.6 Å². The number of hydrogen-bond donors (Lipinski definition) is 1. The van der Waals surface area contributed by atoms with Gasteiger partial charge in [0.25, 0.3) is 0 Å². The van der Waals surface area contributed by atoms with E-state index in [4.69, 9.17) is 23.2 Å². The number of ether oxygens (including phenoxy) is 1. The Bertz CT molecular complexity index is 545. The highest BCUT2D eigenvalue weighted by Gasteiger charge is 2.19. The summed E-state index contributed by atoms with van der Waals surface area (Å²) in [5.41, 5.74) is 0. The molecule has 0 fully saturated rings. The Hall–Kier alpha value is -0.820. The Morgan fingerprint density at radius 3 is 2.67 bits per heavy atom. The number of rotatable bonds is 5. The summed E-state index contributed by atoms with van der Waals surface area (Å²) in [5, 5.41) is 0.256. The maximum absolute atomic E-state index is 11.9. The fraction of sp³-hybridized carbons (Fsp3) is 0.300. The molecule has 0 aliphatic carbocycles. The first-order valence-electron chi connectivity index (χ1n) is 4.97. The maximum atomic E-state index is 11.9. The molecule has 8 heteroatoms. The topological polar surface area (TPSA) is 72.5 Å². The average Bonchev–Trinajstić information content (AvgIpc) is 2.30. The number of hydrogen-bond acceptors (Lipinski definition) is 4. The second-order valence-electron chi connectivity index (χ2n) is 3.20. The first-order valence-corrected chi connectivity index (χ1v) is 7.21. The molecule has 0 unspecified atom stereocenters. The largest absolute Gasteiger partial charge is 0.465 e. The van der Waals surface area contributed by atoms with Crippen molar-refractivity contribution in [3.05, 3.63) is 28.2 Å². The number of carbonyl (C=O) groups is 1. The van der Waals surface area contributed by atoms with E-state index in [0.717, 1.165) is 0 Å². The van der Waals surface area contributed by atoms with Crippen molar-refractivity contribution in [2.24, 2.45) is 0 Å². The molecule has 0 atom stereocenters. The molecule has 1 aromatic rings. The molecule has 0 aliphatic rings. The molecule has 0 spiro atoms. The predicted octanol–water partition coefficient (Wildman–Crippen LogP) is 1.83. The monoisotopic (exact) mass is 311 g/mol. The van der Waals surface area contributed by atoms with E-state index in [2.05, 4.69) is 9.46 Å². The predicted molar refractivity (Wildman–Crippen MR) is 68.3 cm³/mol. The minimum Gasteiger partial charge on any atom is -0.465 e. The Balaban J connectivity index is 2.87. The molecule has 0 aliphatic heterocycles. The van der Waals surface area contributed by atoms with Crippen LogP contribution in [0.15, 0.2) is 23.1 Å². The summed E-state index contributed by atoms with van der Waals surface area (Å²) >= 11 is 11.5. The van der Waals surface area contributed by atoms with E-state index in [1.165, 1.54) is 18.2 Å². The molecule has 1 aromatic carbocycles. The summed E-state index contributed by atoms with van der Waals surface area (Å²) in [6, 6.07) is 4.04. The van der Waals surface area contributed by atoms with E-state index in [1.807, 2.05) is 0 Å². The van der Waals surface area contributed by atoms with Gasteiger partial charge in [-0.25, -0.2) is 8.42 Å². The molecule has 100 valence electrons. The molecule has 0 amide bonds. The molecule has 0 saturated heterocycles. The zero-order chi connectivity index (χ0) is 13.8. The molecule has 0 aromatic heterocycles. The minimum absolute atomic E-state index is 0.0239. The van der Waals surface area contributed by atoms with Crippen LogP contribution < -0.4 is 4.72 Å². The van der Waals surface area contributed by atoms with Crippen LogP contribution in [0.2, 0.25) is 10.0 Å². The van der Waals surface area contributed by atoms with E-state index in [0.29, 0.717) is 0 Å². The van der Waals surface area contributed by atoms with Gasteiger partial charge in [-0.1, -0.05) is 23.2 Å². The van der Waals surface area contributed by atoms with Gasteiger partial charge in [0.2, 0.25) is 10.0 Å². The first kappa shape index (κ1) is 15.2. The van der Waals surface area contributed by atoms with Crippen molar-refractivity contribution in [1.82, 2.24) is 4.72 Å². The molecular weight excluding hydrogens is 301 g/mol. The van der Waals surface area contributed by atoms with E-state index in [1.54, 1.807) is 6.92 Å². The number of nitrogens with one attached hydrogen (secondary N) is 1. The van der Waals surface area contributed by atoms with E-state index >= 15 is 0 Å². The average molecular weight is 312 g/mol. The summed E-state index contributed by atoms with van der Waals surface area (Å²) < 4.78 is 30.4. The van der Waals surface area contributed by atoms with Crippen molar-refractivity contribution < 1.29 is 17.9 Å². The second kappa shape index (κ2) is 6.38. The summed E-state index contributed by atoms with van der Waals surface area (Å²) in [7, 11) is -3.89. The lowest BCUT2D eigenvalue weighted by Gasteiger charge is -2.08. The fourth-order valence-corrected chi connectivity index (χ4v) is 2.86. The third kappa shape index (κ3) is 4.13. The van der Waals surface area contributed by atoms with Crippen molar-refractivity contribution >= 4 is 39.2 Å². The highest BCUT2D eigenvalue weighted by Crippen LogP contribution is 2.24. The van der Waals surface area contributed by atoms with Crippen molar-refractivity contribution in [3.63, 3.8) is 0 Å². The number of benzene rings is 1. The van der Waals surface area contributed by atoms with E-state index < -0.39 is 22.5 Å². The molecule has 1 rings (SSSR count). The van der Waals surface area contributed by atoms with E-state index in [9.17, 15) is 13.2 Å². The van der Waals surface area contributed by atoms with Gasteiger partial charge in [-0.3, -0.25) is 4.79 Å². The first-order chi connectivity index (χ1) is 8.36. The number of halogens is 2. The third-order valence-electron chi connectivity index (χ3n) is 1.89. The highest BCUT2D eigenvalue weighted by atomic mass is 35.5. The summed E-state index contributed by atoms with van der Waals surface area (Å²) in [4.78, 5) is 10.9. The molecular formula is C10H11Cl2NO4S. The lowest BCUT2D eigenvalue weighted by molar-refractivity contribution is -0.141. The second-order valence-corrected chi connectivity index (χ2v) is 5.78. The van der Waals surface area contributed by atoms with Gasteiger partial charge in [0, 0.05) is 5.02 Å². The normalized spacial score (nSPS) is 11.3. The van der Waals surface area contributed by atoms with Gasteiger partial charge >= 0.3 is 5.97 Å². The van der Waals surface area contributed by atoms with Gasteiger partial charge in [-0.2, -0.15) is 4.72 Å². The van der Waals surface area contributed by atoms with Gasteiger partial charge in [-0.15, -0.1) is 0 Å². The Morgan fingerprint density at radius 1 is 1.39 bits per heavy atom. The van der Waals surface area contributed by atoms with Gasteiger partial charge in [0.05, 0.1) is 11.6 Å². The smallest absolute Gasteiger partial charge is 0.321 e. The lowest BCUT2D eigenvalue weighted by atomic mass is 10.4. The van der Waals surface area contributed by atoms with Crippen LogP contribution >= 0.6 is 23.2 Å². The number of esters is 1. The maximum Gasteiger partial charge on any atom is 0.321 e. The molecule has 0 radical (unpaired) electrons. The highest BCUT2D eigenvalue weighted by molar-refractivity contribution is 7.89. The molecule has 1 N–H and O–H groups in total. The SMILES string of the molecule is CCOC(=O)CNS(=O)(=O)c1cc(Cl)ccc1Cl. The summed E-state index contributed by atoms with van der Waals surface area (Å²) in [6.45, 7) is 1.34. The van der Waals surface area contributed by atoms with Gasteiger partial charge in [0.1, 0.15) is 11.4 Å². The third-order valence-corrected chi connectivity index (χ3v) is 4.01. The van der Waals surface area contributed by atoms with E-state index in [-0.39, 0.29) is 21.5 Å². The minimum atomic E-state index is -3.89. The van der Waals surface area contributed by atoms with Gasteiger partial charge in [0.15, 0.2) is 0 Å². The molecule has 0 saturated carbocycles. The quantitative estimate of drug-likeness (QED) is 0.842. The number of sulfonamides is 1. The summed E-state index contributed by atoms with van der Waals surface area (Å²) in [5.74, 6) is -0.667. The van der Waals surface area contributed by atoms with Gasteiger partial charge in [-0.05, 0) is 25.1 Å². The van der Waals surface area contributed by atoms with Crippen molar-refractivity contribution in [3.8, 4) is 0 Å². The van der Waals surface area contributed by atoms with Crippen LogP contribution in [0.5, 0.6) is 0 Å². The van der Waals surface area contributed by atoms with Gasteiger partial charge < -0.3 is 4.74 Å². The van der Waals surface area contributed by atoms with Crippen molar-refractivity contribution in [2.75, 3.05) is 13.2 Å². The van der Waals surface area contributed by atoms with Crippen LogP contribution in [-0.4, -0.2) is 27.5 Å². The fourth-order valence-electron chi connectivity index (χ4n) is 1.13. The number of carbonyl (C=O) groups excluding carboxylic acids is 1. The molecule has 18 heavy (non-hydrogen) atoms. The van der Waals surface area contributed by atoms with Crippen LogP contribution in [0.3, 0.4) is 0 Å². The zero-order valence-electron chi connectivity index (χ0n) is 9.44. The van der Waals surface area contributed by atoms with Crippen LogP contribution in [0.25, 0.3) is 0 Å². The van der Waals surface area contributed by atoms with Crippen molar-refractivity contribution in [2.45, 2.75) is 11.8 Å². The van der Waals surface area contributed by atoms with Crippen LogP contribution in [0.4, 0.5) is 0 Å². The van der Waals surface area contributed by atoms with Crippen molar-refractivity contribution in [1.29, 1.82) is 0 Å². The van der Waals surface area contributed by atoms with Crippen LogP contribution in [0.1, 0.15) is 6.92 Å². The standard InChI is InChI=1S/C10H11Cl2NO4S/c1-2-17-10(14)6-13-18(15,16)9-5-7(11)3-4-8(9)12/h3-5,13H,2,6H2,1H3. The Labute approximate surface area is 115 Å². The molecule has 0 bridgehead atoms. The molecule has 5 nitrogen and oxygen atoms in total. The van der Waals surface area contributed by atoms with Crippen LogP contribution in [0, 0.1) is 0 Å². The zero-order valence-corrected chi connectivity index (χ0v) is 11.8. The Kier molecular flexibility index (Phi) is 5.40. The lowest BCUT2D eigenvalue weighted by Crippen LogP contribution is -2.30. The summed E-state index contributed by atoms with van der Waals surface area (Å²) in [6.07, 6.45) is 0. The molecule has 0 heterocycles.